The summed E-state index contributed by atoms with van der Waals surface area (Å²) in [5, 5.41) is 13.8. The average Bonchev–Trinajstić information content (AvgIpc) is 2.61. The van der Waals surface area contributed by atoms with Crippen LogP contribution in [0.5, 0.6) is 0 Å². The Balaban J connectivity index is 2.33. The van der Waals surface area contributed by atoms with Crippen LogP contribution in [0.15, 0.2) is 29.4 Å². The lowest BCUT2D eigenvalue weighted by Crippen LogP contribution is -2.19. The van der Waals surface area contributed by atoms with Crippen LogP contribution in [0.2, 0.25) is 0 Å². The van der Waals surface area contributed by atoms with Crippen LogP contribution in [0.3, 0.4) is 0 Å². The van der Waals surface area contributed by atoms with E-state index in [1.165, 1.54) is 5.01 Å². The van der Waals surface area contributed by atoms with Crippen LogP contribution in [0.25, 0.3) is 0 Å². The predicted molar refractivity (Wildman–Crippen MR) is 56.3 cm³/mol. The molecule has 1 aliphatic heterocycles. The number of rotatable bonds is 1. The van der Waals surface area contributed by atoms with Crippen molar-refractivity contribution < 1.29 is 4.79 Å². The molecular formula is C11H9N3O. The number of hydrazone groups is 1. The molecule has 0 aliphatic carbocycles. The molecule has 1 amide bonds. The van der Waals surface area contributed by atoms with Crippen LogP contribution < -0.4 is 5.01 Å². The molecule has 0 N–H and O–H groups in total. The lowest BCUT2D eigenvalue weighted by Gasteiger charge is -2.10. The lowest BCUT2D eigenvalue weighted by atomic mass is 10.2. The van der Waals surface area contributed by atoms with E-state index in [0.29, 0.717) is 5.69 Å². The minimum atomic E-state index is -0.157. The van der Waals surface area contributed by atoms with Gasteiger partial charge in [-0.2, -0.15) is 15.4 Å². The van der Waals surface area contributed by atoms with Crippen molar-refractivity contribution >= 4 is 17.3 Å². The number of benzene rings is 1. The van der Waals surface area contributed by atoms with E-state index in [-0.39, 0.29) is 18.0 Å². The second-order valence-electron chi connectivity index (χ2n) is 3.38. The summed E-state index contributed by atoms with van der Waals surface area (Å²) >= 11 is 0. The van der Waals surface area contributed by atoms with E-state index >= 15 is 0 Å². The zero-order chi connectivity index (χ0) is 10.8. The number of amides is 1. The Kier molecular flexibility index (Phi) is 2.22. The summed E-state index contributed by atoms with van der Waals surface area (Å²) in [5.41, 5.74) is 2.09. The summed E-state index contributed by atoms with van der Waals surface area (Å²) in [5.74, 6) is -0.157. The van der Waals surface area contributed by atoms with Crippen LogP contribution in [0, 0.1) is 18.3 Å². The van der Waals surface area contributed by atoms with Crippen molar-refractivity contribution in [2.24, 2.45) is 5.10 Å². The van der Waals surface area contributed by atoms with Crippen molar-refractivity contribution in [2.45, 2.75) is 13.3 Å². The van der Waals surface area contributed by atoms with Gasteiger partial charge in [0.25, 0.3) is 5.91 Å². The monoisotopic (exact) mass is 199 g/mol. The molecule has 0 atom stereocenters. The lowest BCUT2D eigenvalue weighted by molar-refractivity contribution is -0.116. The van der Waals surface area contributed by atoms with Crippen molar-refractivity contribution in [3.8, 4) is 6.07 Å². The largest absolute Gasteiger partial charge is 0.272 e. The number of carbonyl (C=O) groups excluding carboxylic acids is 1. The van der Waals surface area contributed by atoms with Gasteiger partial charge in [-0.1, -0.05) is 17.7 Å². The molecule has 0 saturated carbocycles. The molecule has 1 heterocycles. The molecule has 1 aromatic carbocycles. The van der Waals surface area contributed by atoms with Gasteiger partial charge in [0.1, 0.15) is 11.8 Å². The van der Waals surface area contributed by atoms with Gasteiger partial charge < -0.3 is 0 Å². The molecule has 1 aromatic rings. The van der Waals surface area contributed by atoms with Crippen molar-refractivity contribution in [1.82, 2.24) is 0 Å². The van der Waals surface area contributed by atoms with Gasteiger partial charge in [0.2, 0.25) is 0 Å². The first-order valence-corrected chi connectivity index (χ1v) is 4.58. The summed E-state index contributed by atoms with van der Waals surface area (Å²) in [6, 6.07) is 9.34. The molecule has 0 fully saturated rings. The van der Waals surface area contributed by atoms with E-state index < -0.39 is 0 Å². The van der Waals surface area contributed by atoms with Crippen LogP contribution in [0.4, 0.5) is 5.69 Å². The number of nitriles is 1. The van der Waals surface area contributed by atoms with Crippen LogP contribution in [-0.4, -0.2) is 11.6 Å². The quantitative estimate of drug-likeness (QED) is 0.689. The molecule has 1 aliphatic rings. The third kappa shape index (κ3) is 1.72. The average molecular weight is 199 g/mol. The second-order valence-corrected chi connectivity index (χ2v) is 3.38. The molecule has 2 rings (SSSR count). The number of hydrogen-bond donors (Lipinski definition) is 0. The number of aryl methyl sites for hydroxylation is 1. The highest BCUT2D eigenvalue weighted by Gasteiger charge is 2.24. The van der Waals surface area contributed by atoms with Crippen molar-refractivity contribution in [2.75, 3.05) is 5.01 Å². The van der Waals surface area contributed by atoms with E-state index in [0.717, 1.165) is 5.56 Å². The Hall–Kier alpha value is -2.15. The van der Waals surface area contributed by atoms with Crippen LogP contribution in [-0.2, 0) is 4.79 Å². The molecule has 4 nitrogen and oxygen atoms in total. The minimum Gasteiger partial charge on any atom is -0.272 e. The summed E-state index contributed by atoms with van der Waals surface area (Å²) < 4.78 is 0. The first-order chi connectivity index (χ1) is 7.20. The Morgan fingerprint density at radius 3 is 2.60 bits per heavy atom. The van der Waals surface area contributed by atoms with E-state index in [1.54, 1.807) is 0 Å². The molecule has 0 saturated heterocycles. The predicted octanol–water partition coefficient (Wildman–Crippen LogP) is 1.61. The number of carbonyl (C=O) groups is 1. The van der Waals surface area contributed by atoms with Gasteiger partial charge in [0.15, 0.2) is 0 Å². The van der Waals surface area contributed by atoms with Crippen LogP contribution in [0.1, 0.15) is 12.0 Å². The molecule has 0 unspecified atom stereocenters. The highest BCUT2D eigenvalue weighted by atomic mass is 16.2. The number of anilines is 1. The van der Waals surface area contributed by atoms with E-state index in [1.807, 2.05) is 37.3 Å². The Labute approximate surface area is 87.4 Å². The second kappa shape index (κ2) is 3.54. The maximum absolute atomic E-state index is 11.5. The van der Waals surface area contributed by atoms with Crippen molar-refractivity contribution in [3.63, 3.8) is 0 Å². The van der Waals surface area contributed by atoms with Gasteiger partial charge in [-0.05, 0) is 19.1 Å². The molecule has 0 radical (unpaired) electrons. The van der Waals surface area contributed by atoms with Crippen molar-refractivity contribution in [3.05, 3.63) is 29.8 Å². The Morgan fingerprint density at radius 2 is 2.07 bits per heavy atom. The minimum absolute atomic E-state index is 0.102. The molecule has 74 valence electrons. The fraction of sp³-hybridized carbons (Fsp3) is 0.182. The molecule has 0 spiro atoms. The van der Waals surface area contributed by atoms with E-state index in [2.05, 4.69) is 5.10 Å². The van der Waals surface area contributed by atoms with Crippen LogP contribution >= 0.6 is 0 Å². The van der Waals surface area contributed by atoms with Gasteiger partial charge in [0, 0.05) is 0 Å². The molecule has 0 bridgehead atoms. The third-order valence-electron chi connectivity index (χ3n) is 2.18. The fourth-order valence-electron chi connectivity index (χ4n) is 1.38. The first kappa shape index (κ1) is 9.41. The summed E-state index contributed by atoms with van der Waals surface area (Å²) in [7, 11) is 0. The summed E-state index contributed by atoms with van der Waals surface area (Å²) in [4.78, 5) is 11.5. The van der Waals surface area contributed by atoms with E-state index in [9.17, 15) is 4.79 Å². The highest BCUT2D eigenvalue weighted by molar-refractivity contribution is 6.18. The van der Waals surface area contributed by atoms with Gasteiger partial charge in [-0.3, -0.25) is 4.79 Å². The van der Waals surface area contributed by atoms with E-state index in [4.69, 9.17) is 5.26 Å². The van der Waals surface area contributed by atoms with Gasteiger partial charge >= 0.3 is 0 Å². The molecule has 4 heteroatoms. The molecule has 0 aromatic heterocycles. The number of nitrogens with zero attached hydrogens (tertiary/aromatic N) is 3. The fourth-order valence-corrected chi connectivity index (χ4v) is 1.38. The third-order valence-corrected chi connectivity index (χ3v) is 2.18. The Bertz CT molecular complexity index is 468. The van der Waals surface area contributed by atoms with Gasteiger partial charge in [-0.15, -0.1) is 0 Å². The maximum atomic E-state index is 11.5. The van der Waals surface area contributed by atoms with Gasteiger partial charge in [0.05, 0.1) is 12.1 Å². The molecule has 15 heavy (non-hydrogen) atoms. The zero-order valence-corrected chi connectivity index (χ0v) is 8.27. The highest BCUT2D eigenvalue weighted by Crippen LogP contribution is 2.20. The standard InChI is InChI=1S/C11H9N3O/c1-8-2-4-10(5-3-8)14-11(15)6-9(7-12)13-14/h2-5H,6H2,1H3. The zero-order valence-electron chi connectivity index (χ0n) is 8.27. The topological polar surface area (TPSA) is 56.5 Å². The number of hydrogen-bond acceptors (Lipinski definition) is 3. The SMILES string of the molecule is Cc1ccc(N2N=C(C#N)CC2=O)cc1. The Morgan fingerprint density at radius 1 is 1.40 bits per heavy atom. The normalized spacial score (nSPS) is 15.1. The molecular weight excluding hydrogens is 190 g/mol. The van der Waals surface area contributed by atoms with Gasteiger partial charge in [-0.25, -0.2) is 0 Å². The summed E-state index contributed by atoms with van der Waals surface area (Å²) in [6.07, 6.45) is 0.102. The smallest absolute Gasteiger partial charge is 0.254 e. The van der Waals surface area contributed by atoms with Crippen molar-refractivity contribution in [1.29, 1.82) is 5.26 Å². The maximum Gasteiger partial charge on any atom is 0.254 e. The first-order valence-electron chi connectivity index (χ1n) is 4.58. The summed E-state index contributed by atoms with van der Waals surface area (Å²) in [6.45, 7) is 1.97.